The molecule has 1 N–H and O–H groups in total. The molecule has 0 fully saturated rings. The number of hydrogen-bond donors (Lipinski definition) is 1. The maximum Gasteiger partial charge on any atom is 0.0992 e. The van der Waals surface area contributed by atoms with Crippen molar-refractivity contribution in [1.82, 2.24) is 0 Å². The molecule has 0 aliphatic carbocycles. The van der Waals surface area contributed by atoms with Crippen LogP contribution in [-0.2, 0) is 0 Å². The van der Waals surface area contributed by atoms with Gasteiger partial charge in [0.05, 0.1) is 17.7 Å². The third-order valence-electron chi connectivity index (χ3n) is 2.60. The fourth-order valence-electron chi connectivity index (χ4n) is 1.61. The fraction of sp³-hybridized carbons (Fsp3) is 0.500. The van der Waals surface area contributed by atoms with Crippen LogP contribution in [0, 0.1) is 11.3 Å². The lowest BCUT2D eigenvalue weighted by atomic mass is 10.1. The number of nitrogens with zero attached hydrogens (tertiary/aromatic N) is 1. The zero-order valence-electron chi connectivity index (χ0n) is 10.4. The van der Waals surface area contributed by atoms with E-state index in [-0.39, 0.29) is 0 Å². The third-order valence-corrected chi connectivity index (χ3v) is 3.76. The summed E-state index contributed by atoms with van der Waals surface area (Å²) in [7, 11) is 0. The predicted molar refractivity (Wildman–Crippen MR) is 72.0 cm³/mol. The molecular formula is C14H19NOS. The Morgan fingerprint density at radius 3 is 2.76 bits per heavy atom. The molecule has 1 atom stereocenters. The molecule has 0 spiro atoms. The molecule has 17 heavy (non-hydrogen) atoms. The second kappa shape index (κ2) is 7.37. The first-order valence-corrected chi connectivity index (χ1v) is 7.02. The molecule has 0 amide bonds. The number of thioether (sulfide) groups is 1. The maximum absolute atomic E-state index is 9.67. The van der Waals surface area contributed by atoms with Gasteiger partial charge in [-0.15, -0.1) is 11.8 Å². The van der Waals surface area contributed by atoms with Crippen LogP contribution < -0.4 is 0 Å². The summed E-state index contributed by atoms with van der Waals surface area (Å²) in [6.07, 6.45) is 3.14. The lowest BCUT2D eigenvalue weighted by molar-refractivity contribution is 0.196. The van der Waals surface area contributed by atoms with Gasteiger partial charge < -0.3 is 5.11 Å². The standard InChI is InChI=1S/C14H19NOS/c1-3-4-5-8-17-14-9-12(10-15)6-7-13(14)11(2)16/h6-7,9,11,16H,3-5,8H2,1-2H3/t11-/m0/s1. The summed E-state index contributed by atoms with van der Waals surface area (Å²) in [5.74, 6) is 1.04. The van der Waals surface area contributed by atoms with E-state index in [0.717, 1.165) is 16.2 Å². The monoisotopic (exact) mass is 249 g/mol. The number of hydrogen-bond acceptors (Lipinski definition) is 3. The summed E-state index contributed by atoms with van der Waals surface area (Å²) < 4.78 is 0. The molecule has 0 bridgehead atoms. The number of aliphatic hydroxyl groups excluding tert-OH is 1. The first kappa shape index (κ1) is 14.1. The third kappa shape index (κ3) is 4.41. The second-order valence-corrected chi connectivity index (χ2v) is 5.23. The van der Waals surface area contributed by atoms with E-state index in [0.29, 0.717) is 5.56 Å². The van der Waals surface area contributed by atoms with E-state index in [1.807, 2.05) is 12.1 Å². The summed E-state index contributed by atoms with van der Waals surface area (Å²) in [4.78, 5) is 1.04. The van der Waals surface area contributed by atoms with Crippen molar-refractivity contribution in [2.24, 2.45) is 0 Å². The smallest absolute Gasteiger partial charge is 0.0992 e. The Morgan fingerprint density at radius 2 is 2.18 bits per heavy atom. The minimum Gasteiger partial charge on any atom is -0.389 e. The van der Waals surface area contributed by atoms with E-state index >= 15 is 0 Å². The summed E-state index contributed by atoms with van der Waals surface area (Å²) >= 11 is 1.73. The quantitative estimate of drug-likeness (QED) is 0.614. The van der Waals surface area contributed by atoms with Gasteiger partial charge in [0.15, 0.2) is 0 Å². The lowest BCUT2D eigenvalue weighted by Crippen LogP contribution is -1.95. The SMILES string of the molecule is CCCCCSc1cc(C#N)ccc1[C@H](C)O. The van der Waals surface area contributed by atoms with Crippen LogP contribution in [0.25, 0.3) is 0 Å². The van der Waals surface area contributed by atoms with Gasteiger partial charge in [0.25, 0.3) is 0 Å². The normalized spacial score (nSPS) is 12.1. The Balaban J connectivity index is 2.75. The molecule has 92 valence electrons. The Labute approximate surface area is 108 Å². The summed E-state index contributed by atoms with van der Waals surface area (Å²) in [5.41, 5.74) is 1.58. The average Bonchev–Trinajstić information content (AvgIpc) is 2.34. The summed E-state index contributed by atoms with van der Waals surface area (Å²) in [6, 6.07) is 7.63. The van der Waals surface area contributed by atoms with E-state index in [2.05, 4.69) is 13.0 Å². The van der Waals surface area contributed by atoms with E-state index in [4.69, 9.17) is 5.26 Å². The molecule has 0 heterocycles. The van der Waals surface area contributed by atoms with Crippen LogP contribution in [0.2, 0.25) is 0 Å². The van der Waals surface area contributed by atoms with Gasteiger partial charge in [-0.05, 0) is 36.8 Å². The zero-order valence-corrected chi connectivity index (χ0v) is 11.3. The van der Waals surface area contributed by atoms with Crippen molar-refractivity contribution in [3.05, 3.63) is 29.3 Å². The fourth-order valence-corrected chi connectivity index (χ4v) is 2.79. The average molecular weight is 249 g/mol. The molecule has 2 nitrogen and oxygen atoms in total. The van der Waals surface area contributed by atoms with Crippen molar-refractivity contribution < 1.29 is 5.11 Å². The van der Waals surface area contributed by atoms with E-state index in [1.165, 1.54) is 19.3 Å². The topological polar surface area (TPSA) is 44.0 Å². The highest BCUT2D eigenvalue weighted by atomic mass is 32.2. The first-order chi connectivity index (χ1) is 8.19. The molecule has 0 unspecified atom stereocenters. The van der Waals surface area contributed by atoms with Crippen LogP contribution in [0.3, 0.4) is 0 Å². The van der Waals surface area contributed by atoms with Crippen LogP contribution in [0.5, 0.6) is 0 Å². The van der Waals surface area contributed by atoms with Gasteiger partial charge in [-0.2, -0.15) is 5.26 Å². The highest BCUT2D eigenvalue weighted by Gasteiger charge is 2.09. The Morgan fingerprint density at radius 1 is 1.41 bits per heavy atom. The van der Waals surface area contributed by atoms with Crippen LogP contribution in [0.15, 0.2) is 23.1 Å². The molecule has 1 aromatic rings. The second-order valence-electron chi connectivity index (χ2n) is 4.10. The number of benzene rings is 1. The van der Waals surface area contributed by atoms with Gasteiger partial charge in [-0.25, -0.2) is 0 Å². The van der Waals surface area contributed by atoms with E-state index in [1.54, 1.807) is 24.8 Å². The predicted octanol–water partition coefficient (Wildman–Crippen LogP) is 3.89. The Hall–Kier alpha value is -0.980. The van der Waals surface area contributed by atoms with Gasteiger partial charge in [0.1, 0.15) is 0 Å². The number of nitriles is 1. The van der Waals surface area contributed by atoms with Crippen molar-refractivity contribution >= 4 is 11.8 Å². The largest absolute Gasteiger partial charge is 0.389 e. The molecule has 3 heteroatoms. The highest BCUT2D eigenvalue weighted by molar-refractivity contribution is 7.99. The highest BCUT2D eigenvalue weighted by Crippen LogP contribution is 2.29. The molecule has 1 rings (SSSR count). The van der Waals surface area contributed by atoms with E-state index in [9.17, 15) is 5.11 Å². The van der Waals surface area contributed by atoms with Gasteiger partial charge in [-0.3, -0.25) is 0 Å². The maximum atomic E-state index is 9.67. The molecule has 0 radical (unpaired) electrons. The zero-order chi connectivity index (χ0) is 12.7. The molecule has 1 aromatic carbocycles. The van der Waals surface area contributed by atoms with Crippen LogP contribution >= 0.6 is 11.8 Å². The van der Waals surface area contributed by atoms with Gasteiger partial charge >= 0.3 is 0 Å². The van der Waals surface area contributed by atoms with Crippen molar-refractivity contribution in [2.45, 2.75) is 44.1 Å². The molecule has 0 aromatic heterocycles. The first-order valence-electron chi connectivity index (χ1n) is 6.04. The van der Waals surface area contributed by atoms with Gasteiger partial charge in [0.2, 0.25) is 0 Å². The van der Waals surface area contributed by atoms with Crippen LogP contribution in [-0.4, -0.2) is 10.9 Å². The minimum absolute atomic E-state index is 0.476. The minimum atomic E-state index is -0.476. The van der Waals surface area contributed by atoms with E-state index < -0.39 is 6.10 Å². The van der Waals surface area contributed by atoms with Crippen molar-refractivity contribution in [1.29, 1.82) is 5.26 Å². The van der Waals surface area contributed by atoms with Gasteiger partial charge in [0, 0.05) is 4.90 Å². The van der Waals surface area contributed by atoms with Crippen molar-refractivity contribution in [3.8, 4) is 6.07 Å². The molecule has 0 saturated carbocycles. The lowest BCUT2D eigenvalue weighted by Gasteiger charge is -2.11. The Kier molecular flexibility index (Phi) is 6.10. The number of unbranched alkanes of at least 4 members (excludes halogenated alkanes) is 2. The number of rotatable bonds is 6. The summed E-state index contributed by atoms with van der Waals surface area (Å²) in [5, 5.41) is 18.6. The molecular weight excluding hydrogens is 230 g/mol. The van der Waals surface area contributed by atoms with Gasteiger partial charge in [-0.1, -0.05) is 25.8 Å². The molecule has 0 saturated heterocycles. The Bertz CT molecular complexity index is 396. The summed E-state index contributed by atoms with van der Waals surface area (Å²) in [6.45, 7) is 3.94. The van der Waals surface area contributed by atoms with Crippen molar-refractivity contribution in [3.63, 3.8) is 0 Å². The van der Waals surface area contributed by atoms with Crippen LogP contribution in [0.4, 0.5) is 0 Å². The molecule has 0 aliphatic heterocycles. The van der Waals surface area contributed by atoms with Crippen molar-refractivity contribution in [2.75, 3.05) is 5.75 Å². The number of aliphatic hydroxyl groups is 1. The molecule has 0 aliphatic rings. The van der Waals surface area contributed by atoms with Crippen LogP contribution in [0.1, 0.15) is 50.3 Å².